The van der Waals surface area contributed by atoms with Gasteiger partial charge in [0, 0.05) is 19.5 Å². The molecule has 0 spiro atoms. The summed E-state index contributed by atoms with van der Waals surface area (Å²) in [6, 6.07) is 8.57. The lowest BCUT2D eigenvalue weighted by molar-refractivity contribution is -0.131. The number of fused-ring (bicyclic) bond motifs is 1. The number of nitrogens with two attached hydrogens (primary N) is 1. The van der Waals surface area contributed by atoms with Gasteiger partial charge in [-0.1, -0.05) is 37.6 Å². The summed E-state index contributed by atoms with van der Waals surface area (Å²) in [4.78, 5) is 14.5. The Morgan fingerprint density at radius 3 is 2.33 bits per heavy atom. The molecule has 0 bridgehead atoms. The Kier molecular flexibility index (Phi) is 6.24. The van der Waals surface area contributed by atoms with Crippen molar-refractivity contribution in [2.45, 2.75) is 45.4 Å². The number of carbonyl (C=O) groups excluding carboxylic acids is 1. The number of hydrogen-bond donors (Lipinski definition) is 1. The third-order valence-electron chi connectivity index (χ3n) is 4.69. The van der Waals surface area contributed by atoms with Crippen LogP contribution in [0.4, 0.5) is 0 Å². The lowest BCUT2D eigenvalue weighted by Crippen LogP contribution is -2.33. The second kappa shape index (κ2) is 8.18. The van der Waals surface area contributed by atoms with Gasteiger partial charge in [-0.25, -0.2) is 0 Å². The maximum Gasteiger partial charge on any atom is 0.222 e. The standard InChI is InChI=1S/C18H28N2O/c1-2-15(9-12-19)7-8-18(21)20-13-10-16-5-3-4-6-17(16)11-14-20/h3-6,15H,2,7-14,19H2,1H3. The normalized spacial score (nSPS) is 16.2. The van der Waals surface area contributed by atoms with Crippen molar-refractivity contribution in [2.75, 3.05) is 19.6 Å². The molecule has 0 radical (unpaired) electrons. The van der Waals surface area contributed by atoms with Crippen LogP contribution in [-0.4, -0.2) is 30.4 Å². The number of carbonyl (C=O) groups is 1. The summed E-state index contributed by atoms with van der Waals surface area (Å²) in [5.74, 6) is 0.918. The molecule has 3 nitrogen and oxygen atoms in total. The number of nitrogens with zero attached hydrogens (tertiary/aromatic N) is 1. The summed E-state index contributed by atoms with van der Waals surface area (Å²) in [5, 5.41) is 0. The van der Waals surface area contributed by atoms with Crippen molar-refractivity contribution < 1.29 is 4.79 Å². The third-order valence-corrected chi connectivity index (χ3v) is 4.69. The quantitative estimate of drug-likeness (QED) is 0.875. The number of rotatable bonds is 6. The fourth-order valence-corrected chi connectivity index (χ4v) is 3.19. The van der Waals surface area contributed by atoms with E-state index in [1.54, 1.807) is 0 Å². The van der Waals surface area contributed by atoms with Crippen molar-refractivity contribution in [3.8, 4) is 0 Å². The van der Waals surface area contributed by atoms with Crippen molar-refractivity contribution in [3.63, 3.8) is 0 Å². The van der Waals surface area contributed by atoms with Crippen LogP contribution in [0, 0.1) is 5.92 Å². The van der Waals surface area contributed by atoms with E-state index in [0.717, 1.165) is 51.7 Å². The average molecular weight is 288 g/mol. The van der Waals surface area contributed by atoms with Crippen LogP contribution in [0.2, 0.25) is 0 Å². The van der Waals surface area contributed by atoms with E-state index in [4.69, 9.17) is 5.73 Å². The molecule has 1 aromatic carbocycles. The lowest BCUT2D eigenvalue weighted by Gasteiger charge is -2.21. The van der Waals surface area contributed by atoms with Crippen LogP contribution in [0.25, 0.3) is 0 Å². The summed E-state index contributed by atoms with van der Waals surface area (Å²) >= 11 is 0. The highest BCUT2D eigenvalue weighted by atomic mass is 16.2. The van der Waals surface area contributed by atoms with E-state index in [-0.39, 0.29) is 0 Å². The van der Waals surface area contributed by atoms with Crippen LogP contribution in [0.15, 0.2) is 24.3 Å². The van der Waals surface area contributed by atoms with Crippen LogP contribution in [0.1, 0.15) is 43.7 Å². The molecule has 21 heavy (non-hydrogen) atoms. The summed E-state index contributed by atoms with van der Waals surface area (Å²) in [6.07, 6.45) is 5.79. The molecule has 1 aliphatic heterocycles. The maximum atomic E-state index is 12.4. The van der Waals surface area contributed by atoms with Crippen molar-refractivity contribution in [3.05, 3.63) is 35.4 Å². The largest absolute Gasteiger partial charge is 0.342 e. The van der Waals surface area contributed by atoms with Gasteiger partial charge in [-0.3, -0.25) is 4.79 Å². The Morgan fingerprint density at radius 1 is 1.19 bits per heavy atom. The highest BCUT2D eigenvalue weighted by molar-refractivity contribution is 5.76. The highest BCUT2D eigenvalue weighted by Gasteiger charge is 2.19. The Labute approximate surface area is 128 Å². The minimum Gasteiger partial charge on any atom is -0.342 e. The molecule has 0 saturated heterocycles. The average Bonchev–Trinajstić information content (AvgIpc) is 2.73. The topological polar surface area (TPSA) is 46.3 Å². The predicted molar refractivity (Wildman–Crippen MR) is 87.1 cm³/mol. The van der Waals surface area contributed by atoms with Gasteiger partial charge in [0.1, 0.15) is 0 Å². The first-order chi connectivity index (χ1) is 10.2. The zero-order chi connectivity index (χ0) is 15.1. The van der Waals surface area contributed by atoms with E-state index >= 15 is 0 Å². The summed E-state index contributed by atoms with van der Waals surface area (Å²) in [7, 11) is 0. The molecule has 2 rings (SSSR count). The smallest absolute Gasteiger partial charge is 0.222 e. The van der Waals surface area contributed by atoms with Gasteiger partial charge < -0.3 is 10.6 Å². The molecular weight excluding hydrogens is 260 g/mol. The molecule has 2 N–H and O–H groups in total. The SMILES string of the molecule is CCC(CCN)CCC(=O)N1CCc2ccccc2CC1. The number of benzene rings is 1. The van der Waals surface area contributed by atoms with Gasteiger partial charge in [0.15, 0.2) is 0 Å². The van der Waals surface area contributed by atoms with E-state index < -0.39 is 0 Å². The van der Waals surface area contributed by atoms with E-state index in [9.17, 15) is 4.79 Å². The van der Waals surface area contributed by atoms with Crippen LogP contribution < -0.4 is 5.73 Å². The van der Waals surface area contributed by atoms with E-state index in [1.165, 1.54) is 11.1 Å². The van der Waals surface area contributed by atoms with E-state index in [1.807, 2.05) is 0 Å². The molecule has 1 heterocycles. The highest BCUT2D eigenvalue weighted by Crippen LogP contribution is 2.18. The molecule has 0 saturated carbocycles. The third kappa shape index (κ3) is 4.57. The molecule has 1 amide bonds. The predicted octanol–water partition coefficient (Wildman–Crippen LogP) is 2.77. The Hall–Kier alpha value is -1.35. The molecule has 0 fully saturated rings. The van der Waals surface area contributed by atoms with Crippen LogP contribution >= 0.6 is 0 Å². The summed E-state index contributed by atoms with van der Waals surface area (Å²) in [5.41, 5.74) is 8.44. The number of amides is 1. The maximum absolute atomic E-state index is 12.4. The van der Waals surface area contributed by atoms with Gasteiger partial charge in [-0.15, -0.1) is 0 Å². The van der Waals surface area contributed by atoms with Crippen molar-refractivity contribution in [2.24, 2.45) is 11.7 Å². The number of hydrogen-bond acceptors (Lipinski definition) is 2. The second-order valence-electron chi connectivity index (χ2n) is 6.04. The molecule has 0 aromatic heterocycles. The van der Waals surface area contributed by atoms with Crippen molar-refractivity contribution in [1.29, 1.82) is 0 Å². The van der Waals surface area contributed by atoms with E-state index in [2.05, 4.69) is 36.1 Å². The molecular formula is C18H28N2O. The Balaban J connectivity index is 1.84. The first-order valence-corrected chi connectivity index (χ1v) is 8.29. The van der Waals surface area contributed by atoms with Crippen LogP contribution in [0.5, 0.6) is 0 Å². The minimum absolute atomic E-state index is 0.318. The monoisotopic (exact) mass is 288 g/mol. The molecule has 1 atom stereocenters. The molecule has 116 valence electrons. The fourth-order valence-electron chi connectivity index (χ4n) is 3.19. The Morgan fingerprint density at radius 2 is 1.81 bits per heavy atom. The van der Waals surface area contributed by atoms with Gasteiger partial charge in [0.2, 0.25) is 5.91 Å². The van der Waals surface area contributed by atoms with E-state index in [0.29, 0.717) is 18.2 Å². The minimum atomic E-state index is 0.318. The van der Waals surface area contributed by atoms with Crippen molar-refractivity contribution in [1.82, 2.24) is 4.90 Å². The van der Waals surface area contributed by atoms with Crippen molar-refractivity contribution >= 4 is 5.91 Å². The van der Waals surface area contributed by atoms with Crippen LogP contribution in [0.3, 0.4) is 0 Å². The zero-order valence-corrected chi connectivity index (χ0v) is 13.2. The fraction of sp³-hybridized carbons (Fsp3) is 0.611. The van der Waals surface area contributed by atoms with Gasteiger partial charge in [-0.2, -0.15) is 0 Å². The van der Waals surface area contributed by atoms with Gasteiger partial charge in [-0.05, 0) is 49.3 Å². The molecule has 1 aliphatic rings. The Bertz CT molecular complexity index is 431. The van der Waals surface area contributed by atoms with Gasteiger partial charge >= 0.3 is 0 Å². The first-order valence-electron chi connectivity index (χ1n) is 8.29. The molecule has 0 aliphatic carbocycles. The van der Waals surface area contributed by atoms with Gasteiger partial charge in [0.05, 0.1) is 0 Å². The second-order valence-corrected chi connectivity index (χ2v) is 6.04. The summed E-state index contributed by atoms with van der Waals surface area (Å²) in [6.45, 7) is 4.64. The molecule has 1 unspecified atom stereocenters. The lowest BCUT2D eigenvalue weighted by atomic mass is 9.96. The van der Waals surface area contributed by atoms with Gasteiger partial charge in [0.25, 0.3) is 0 Å². The van der Waals surface area contributed by atoms with Crippen LogP contribution in [-0.2, 0) is 17.6 Å². The summed E-state index contributed by atoms with van der Waals surface area (Å²) < 4.78 is 0. The first kappa shape index (κ1) is 16.0. The zero-order valence-electron chi connectivity index (χ0n) is 13.2. The molecule has 3 heteroatoms. The molecule has 1 aromatic rings.